The molecule has 0 amide bonds. The van der Waals surface area contributed by atoms with Crippen molar-refractivity contribution in [2.24, 2.45) is 11.8 Å². The lowest BCUT2D eigenvalue weighted by Gasteiger charge is -2.26. The Labute approximate surface area is 121 Å². The third kappa shape index (κ3) is 3.90. The zero-order chi connectivity index (χ0) is 15.4. The molecule has 0 bridgehead atoms. The number of aliphatic carboxylic acids is 1. The topological polar surface area (TPSA) is 92.5 Å². The molecule has 1 saturated carbocycles. The van der Waals surface area contributed by atoms with E-state index in [9.17, 15) is 19.3 Å². The van der Waals surface area contributed by atoms with E-state index in [-0.39, 0.29) is 23.2 Å². The van der Waals surface area contributed by atoms with Gasteiger partial charge in [-0.1, -0.05) is 0 Å². The van der Waals surface area contributed by atoms with Gasteiger partial charge in [-0.05, 0) is 37.7 Å². The summed E-state index contributed by atoms with van der Waals surface area (Å²) in [7, 11) is 0. The van der Waals surface area contributed by atoms with Gasteiger partial charge in [-0.3, -0.25) is 14.9 Å². The van der Waals surface area contributed by atoms with Crippen LogP contribution in [-0.4, -0.2) is 22.5 Å². The maximum Gasteiger partial charge on any atom is 0.306 e. The van der Waals surface area contributed by atoms with Gasteiger partial charge in [0.2, 0.25) is 0 Å². The van der Waals surface area contributed by atoms with E-state index >= 15 is 0 Å². The Kier molecular flexibility index (Phi) is 4.72. The third-order valence-corrected chi connectivity index (χ3v) is 3.93. The maximum absolute atomic E-state index is 13.2. The van der Waals surface area contributed by atoms with Crippen molar-refractivity contribution in [3.05, 3.63) is 34.1 Å². The van der Waals surface area contributed by atoms with Gasteiger partial charge in [0.1, 0.15) is 11.5 Å². The fourth-order valence-corrected chi connectivity index (χ4v) is 2.68. The fourth-order valence-electron chi connectivity index (χ4n) is 2.68. The molecule has 0 atom stereocenters. The molecule has 0 unspecified atom stereocenters. The minimum absolute atomic E-state index is 0.157. The van der Waals surface area contributed by atoms with Gasteiger partial charge in [0, 0.05) is 18.7 Å². The lowest BCUT2D eigenvalue weighted by molar-refractivity contribution is -0.384. The molecule has 1 aromatic rings. The van der Waals surface area contributed by atoms with Crippen molar-refractivity contribution in [3.8, 4) is 0 Å². The SMILES string of the molecule is O=C(O)C1CCC(CNc2cc(F)ccc2[N+](=O)[O-])CC1. The maximum atomic E-state index is 13.2. The van der Waals surface area contributed by atoms with Crippen LogP contribution < -0.4 is 5.32 Å². The van der Waals surface area contributed by atoms with Gasteiger partial charge < -0.3 is 10.4 Å². The predicted molar refractivity (Wildman–Crippen MR) is 74.6 cm³/mol. The Balaban J connectivity index is 1.93. The van der Waals surface area contributed by atoms with E-state index in [1.807, 2.05) is 0 Å². The van der Waals surface area contributed by atoms with E-state index in [0.29, 0.717) is 19.4 Å². The number of nitrogens with one attached hydrogen (secondary N) is 1. The Bertz CT molecular complexity index is 542. The highest BCUT2D eigenvalue weighted by Crippen LogP contribution is 2.30. The van der Waals surface area contributed by atoms with Crippen molar-refractivity contribution in [1.82, 2.24) is 0 Å². The minimum Gasteiger partial charge on any atom is -0.481 e. The number of carboxylic acids is 1. The molecule has 0 radical (unpaired) electrons. The van der Waals surface area contributed by atoms with Crippen LogP contribution in [0.2, 0.25) is 0 Å². The van der Waals surface area contributed by atoms with Crippen LogP contribution in [0.1, 0.15) is 25.7 Å². The number of nitro groups is 1. The standard InChI is InChI=1S/C14H17FN2O4/c15-11-5-6-13(17(20)21)12(7-11)16-8-9-1-3-10(4-2-9)14(18)19/h5-7,9-10,16H,1-4,8H2,(H,18,19). The second-order valence-electron chi connectivity index (χ2n) is 5.36. The molecule has 1 aromatic carbocycles. The molecule has 7 heteroatoms. The summed E-state index contributed by atoms with van der Waals surface area (Å²) in [5.74, 6) is -1.33. The Hall–Kier alpha value is -2.18. The molecule has 0 saturated heterocycles. The molecule has 2 N–H and O–H groups in total. The lowest BCUT2D eigenvalue weighted by atomic mass is 9.82. The summed E-state index contributed by atoms with van der Waals surface area (Å²) in [6.07, 6.45) is 2.75. The average molecular weight is 296 g/mol. The second-order valence-corrected chi connectivity index (χ2v) is 5.36. The van der Waals surface area contributed by atoms with E-state index in [4.69, 9.17) is 5.11 Å². The first-order valence-corrected chi connectivity index (χ1v) is 6.88. The number of hydrogen-bond donors (Lipinski definition) is 2. The quantitative estimate of drug-likeness (QED) is 0.643. The number of hydrogen-bond acceptors (Lipinski definition) is 4. The van der Waals surface area contributed by atoms with E-state index in [2.05, 4.69) is 5.32 Å². The first-order chi connectivity index (χ1) is 9.97. The van der Waals surface area contributed by atoms with Crippen LogP contribution in [0.4, 0.5) is 15.8 Å². The van der Waals surface area contributed by atoms with Gasteiger partial charge >= 0.3 is 5.97 Å². The van der Waals surface area contributed by atoms with Gasteiger partial charge in [0.15, 0.2) is 0 Å². The Morgan fingerprint density at radius 2 is 2.05 bits per heavy atom. The predicted octanol–water partition coefficient (Wildman–Crippen LogP) is 3.04. The van der Waals surface area contributed by atoms with Crippen molar-refractivity contribution < 1.29 is 19.2 Å². The highest BCUT2D eigenvalue weighted by Gasteiger charge is 2.26. The number of rotatable bonds is 5. The van der Waals surface area contributed by atoms with Gasteiger partial charge in [-0.15, -0.1) is 0 Å². The second kappa shape index (κ2) is 6.51. The van der Waals surface area contributed by atoms with Crippen LogP contribution in [0, 0.1) is 27.8 Å². The largest absolute Gasteiger partial charge is 0.481 e. The van der Waals surface area contributed by atoms with Crippen LogP contribution >= 0.6 is 0 Å². The number of carboxylic acid groups (broad SMARTS) is 1. The zero-order valence-electron chi connectivity index (χ0n) is 11.4. The molecule has 21 heavy (non-hydrogen) atoms. The summed E-state index contributed by atoms with van der Waals surface area (Å²) in [6.45, 7) is 0.483. The van der Waals surface area contributed by atoms with Gasteiger partial charge in [-0.2, -0.15) is 0 Å². The molecule has 0 spiro atoms. The number of nitrogens with zero attached hydrogens (tertiary/aromatic N) is 1. The van der Waals surface area contributed by atoms with Crippen LogP contribution in [0.15, 0.2) is 18.2 Å². The van der Waals surface area contributed by atoms with E-state index in [0.717, 1.165) is 31.0 Å². The zero-order valence-corrected chi connectivity index (χ0v) is 11.4. The highest BCUT2D eigenvalue weighted by atomic mass is 19.1. The van der Waals surface area contributed by atoms with Crippen molar-refractivity contribution in [3.63, 3.8) is 0 Å². The minimum atomic E-state index is -0.762. The van der Waals surface area contributed by atoms with E-state index in [1.54, 1.807) is 0 Å². The van der Waals surface area contributed by atoms with Gasteiger partial charge in [0.05, 0.1) is 10.8 Å². The lowest BCUT2D eigenvalue weighted by Crippen LogP contribution is -2.25. The highest BCUT2D eigenvalue weighted by molar-refractivity contribution is 5.70. The summed E-state index contributed by atoms with van der Waals surface area (Å²) >= 11 is 0. The summed E-state index contributed by atoms with van der Waals surface area (Å²) < 4.78 is 13.2. The van der Waals surface area contributed by atoms with Crippen LogP contribution in [0.5, 0.6) is 0 Å². The molecule has 114 valence electrons. The molecule has 1 aliphatic rings. The first-order valence-electron chi connectivity index (χ1n) is 6.88. The van der Waals surface area contributed by atoms with Crippen LogP contribution in [0.25, 0.3) is 0 Å². The molecule has 1 aliphatic carbocycles. The number of halogens is 1. The number of anilines is 1. The summed E-state index contributed by atoms with van der Waals surface area (Å²) in [4.78, 5) is 21.2. The molecule has 0 aliphatic heterocycles. The summed E-state index contributed by atoms with van der Waals surface area (Å²) in [5.41, 5.74) is 0.0102. The molecule has 0 heterocycles. The average Bonchev–Trinajstić information content (AvgIpc) is 2.45. The molecule has 0 aromatic heterocycles. The number of nitro benzene ring substituents is 1. The molecule has 2 rings (SSSR count). The molecular weight excluding hydrogens is 279 g/mol. The molecular formula is C14H17FN2O4. The molecule has 6 nitrogen and oxygen atoms in total. The fraction of sp³-hybridized carbons (Fsp3) is 0.500. The molecule has 1 fully saturated rings. The summed E-state index contributed by atoms with van der Waals surface area (Å²) in [5, 5.41) is 22.7. The van der Waals surface area contributed by atoms with Crippen molar-refractivity contribution >= 4 is 17.3 Å². The Morgan fingerprint density at radius 1 is 1.38 bits per heavy atom. The normalized spacial score (nSPS) is 21.8. The van der Waals surface area contributed by atoms with Crippen molar-refractivity contribution in [2.75, 3.05) is 11.9 Å². The van der Waals surface area contributed by atoms with Crippen molar-refractivity contribution in [1.29, 1.82) is 0 Å². The van der Waals surface area contributed by atoms with Crippen molar-refractivity contribution in [2.45, 2.75) is 25.7 Å². The van der Waals surface area contributed by atoms with Crippen LogP contribution in [-0.2, 0) is 4.79 Å². The van der Waals surface area contributed by atoms with Gasteiger partial charge in [-0.25, -0.2) is 4.39 Å². The van der Waals surface area contributed by atoms with Gasteiger partial charge in [0.25, 0.3) is 5.69 Å². The first kappa shape index (κ1) is 15.2. The van der Waals surface area contributed by atoms with E-state index in [1.165, 1.54) is 0 Å². The number of carbonyl (C=O) groups is 1. The monoisotopic (exact) mass is 296 g/mol. The smallest absolute Gasteiger partial charge is 0.306 e. The summed E-state index contributed by atoms with van der Waals surface area (Å²) in [6, 6.07) is 3.31. The number of benzene rings is 1. The Morgan fingerprint density at radius 3 is 2.62 bits per heavy atom. The third-order valence-electron chi connectivity index (χ3n) is 3.93. The van der Waals surface area contributed by atoms with Crippen LogP contribution in [0.3, 0.4) is 0 Å². The van der Waals surface area contributed by atoms with E-state index < -0.39 is 16.7 Å².